The van der Waals surface area contributed by atoms with E-state index in [4.69, 9.17) is 0 Å². The summed E-state index contributed by atoms with van der Waals surface area (Å²) in [5, 5.41) is 22.1. The van der Waals surface area contributed by atoms with Crippen molar-refractivity contribution in [3.63, 3.8) is 0 Å². The molecule has 0 bridgehead atoms. The van der Waals surface area contributed by atoms with Crippen LogP contribution in [0, 0.1) is 0 Å². The quantitative estimate of drug-likeness (QED) is 0.761. The van der Waals surface area contributed by atoms with Crippen LogP contribution in [0.4, 0.5) is 0 Å². The first kappa shape index (κ1) is 11.9. The smallest absolute Gasteiger partial charge is 0.0721 e. The van der Waals surface area contributed by atoms with Gasteiger partial charge < -0.3 is 19.8 Å². The highest BCUT2D eigenvalue weighted by molar-refractivity contribution is 6.03. The molecule has 90 valence electrons. The Hall–Kier alpha value is -2.62. The van der Waals surface area contributed by atoms with Crippen molar-refractivity contribution >= 4 is 11.9 Å². The molecular weight excluding hydrogens is 232 g/mol. The van der Waals surface area contributed by atoms with Crippen molar-refractivity contribution in [1.82, 2.24) is 0 Å². The monoisotopic (exact) mass is 240 g/mol. The lowest BCUT2D eigenvalue weighted by Crippen LogP contribution is -2.27. The van der Waals surface area contributed by atoms with Gasteiger partial charge in [0, 0.05) is 11.1 Å². The highest BCUT2D eigenvalue weighted by Crippen LogP contribution is 2.27. The van der Waals surface area contributed by atoms with Gasteiger partial charge in [-0.25, -0.2) is 0 Å². The topological polar surface area (TPSA) is 80.3 Å². The van der Waals surface area contributed by atoms with E-state index in [0.29, 0.717) is 5.56 Å². The van der Waals surface area contributed by atoms with Gasteiger partial charge in [-0.15, -0.1) is 0 Å². The SMILES string of the molecule is O=C([O-])c1cccc(C(=O)[O-])c1-c1ccccc1. The minimum atomic E-state index is -1.42. The molecule has 0 N–H and O–H groups in total. The molecule has 4 heteroatoms. The molecule has 0 spiro atoms. The Morgan fingerprint density at radius 2 is 1.22 bits per heavy atom. The summed E-state index contributed by atoms with van der Waals surface area (Å²) >= 11 is 0. The molecule has 0 atom stereocenters. The molecule has 18 heavy (non-hydrogen) atoms. The minimum absolute atomic E-state index is 0.109. The second kappa shape index (κ2) is 4.71. The molecule has 0 fully saturated rings. The molecule has 2 rings (SSSR count). The summed E-state index contributed by atoms with van der Waals surface area (Å²) in [4.78, 5) is 22.1. The zero-order chi connectivity index (χ0) is 13.1. The van der Waals surface area contributed by atoms with Gasteiger partial charge in [0.1, 0.15) is 0 Å². The molecule has 2 aromatic carbocycles. The fourth-order valence-electron chi connectivity index (χ4n) is 1.81. The van der Waals surface area contributed by atoms with Crippen molar-refractivity contribution < 1.29 is 19.8 Å². The van der Waals surface area contributed by atoms with Gasteiger partial charge >= 0.3 is 0 Å². The van der Waals surface area contributed by atoms with Crippen LogP contribution in [0.2, 0.25) is 0 Å². The molecule has 0 heterocycles. The fourth-order valence-corrected chi connectivity index (χ4v) is 1.81. The third-order valence-electron chi connectivity index (χ3n) is 2.57. The highest BCUT2D eigenvalue weighted by atomic mass is 16.4. The van der Waals surface area contributed by atoms with Gasteiger partial charge in [-0.1, -0.05) is 48.5 Å². The molecule has 2 aromatic rings. The van der Waals surface area contributed by atoms with Crippen LogP contribution in [0.25, 0.3) is 11.1 Å². The van der Waals surface area contributed by atoms with E-state index in [-0.39, 0.29) is 16.7 Å². The van der Waals surface area contributed by atoms with Crippen molar-refractivity contribution in [2.45, 2.75) is 0 Å². The molecule has 0 unspecified atom stereocenters. The number of carbonyl (C=O) groups excluding carboxylic acids is 2. The van der Waals surface area contributed by atoms with Gasteiger partial charge in [-0.05, 0) is 11.1 Å². The normalized spacial score (nSPS) is 10.0. The molecule has 0 aliphatic rings. The summed E-state index contributed by atoms with van der Waals surface area (Å²) in [6.07, 6.45) is 0. The number of hydrogen-bond acceptors (Lipinski definition) is 4. The van der Waals surface area contributed by atoms with Gasteiger partial charge in [0.15, 0.2) is 0 Å². The van der Waals surface area contributed by atoms with Crippen molar-refractivity contribution in [1.29, 1.82) is 0 Å². The highest BCUT2D eigenvalue weighted by Gasteiger charge is 2.11. The predicted molar refractivity (Wildman–Crippen MR) is 60.5 cm³/mol. The van der Waals surface area contributed by atoms with Crippen LogP contribution in [0.15, 0.2) is 48.5 Å². The van der Waals surface area contributed by atoms with Crippen molar-refractivity contribution in [3.05, 3.63) is 59.7 Å². The maximum Gasteiger partial charge on any atom is 0.0721 e. The summed E-state index contributed by atoms with van der Waals surface area (Å²) < 4.78 is 0. The zero-order valence-electron chi connectivity index (χ0n) is 9.25. The number of rotatable bonds is 3. The molecule has 0 saturated carbocycles. The number of benzene rings is 2. The molecular formula is C14H8O4-2. The minimum Gasteiger partial charge on any atom is -0.545 e. The second-order valence-electron chi connectivity index (χ2n) is 3.67. The Labute approximate surface area is 103 Å². The number of carboxylic acid groups (broad SMARTS) is 2. The first-order valence-corrected chi connectivity index (χ1v) is 5.22. The Morgan fingerprint density at radius 1 is 0.722 bits per heavy atom. The van der Waals surface area contributed by atoms with E-state index < -0.39 is 11.9 Å². The van der Waals surface area contributed by atoms with E-state index in [1.807, 2.05) is 0 Å². The third kappa shape index (κ3) is 2.08. The van der Waals surface area contributed by atoms with Crippen LogP contribution in [0.3, 0.4) is 0 Å². The first-order chi connectivity index (χ1) is 8.61. The average Bonchev–Trinajstić information content (AvgIpc) is 2.38. The number of aromatic carboxylic acids is 2. The number of carboxylic acids is 2. The van der Waals surface area contributed by atoms with Gasteiger partial charge in [0.2, 0.25) is 0 Å². The van der Waals surface area contributed by atoms with Crippen molar-refractivity contribution in [2.75, 3.05) is 0 Å². The standard InChI is InChI=1S/C14H10O4/c15-13(16)10-7-4-8-11(14(17)18)12(10)9-5-2-1-3-6-9/h1-8H,(H,15,16)(H,17,18)/p-2. The van der Waals surface area contributed by atoms with E-state index in [1.54, 1.807) is 30.3 Å². The van der Waals surface area contributed by atoms with Crippen molar-refractivity contribution in [2.24, 2.45) is 0 Å². The summed E-state index contributed by atoms with van der Waals surface area (Å²) in [7, 11) is 0. The van der Waals surface area contributed by atoms with Crippen LogP contribution >= 0.6 is 0 Å². The first-order valence-electron chi connectivity index (χ1n) is 5.22. The Balaban J connectivity index is 2.77. The molecule has 0 saturated heterocycles. The molecule has 0 amide bonds. The predicted octanol–water partition coefficient (Wildman–Crippen LogP) is 0.0806. The van der Waals surface area contributed by atoms with Gasteiger partial charge in [0.25, 0.3) is 0 Å². The zero-order valence-corrected chi connectivity index (χ0v) is 9.25. The molecule has 0 aliphatic carbocycles. The van der Waals surface area contributed by atoms with E-state index in [0.717, 1.165) is 0 Å². The van der Waals surface area contributed by atoms with Crippen molar-refractivity contribution in [3.8, 4) is 11.1 Å². The van der Waals surface area contributed by atoms with E-state index in [9.17, 15) is 19.8 Å². The number of hydrogen-bond donors (Lipinski definition) is 0. The van der Waals surface area contributed by atoms with E-state index in [2.05, 4.69) is 0 Å². The molecule has 0 aromatic heterocycles. The summed E-state index contributed by atoms with van der Waals surface area (Å²) in [5.74, 6) is -2.84. The van der Waals surface area contributed by atoms with Crippen LogP contribution in [-0.4, -0.2) is 11.9 Å². The van der Waals surface area contributed by atoms with Crippen LogP contribution in [0.5, 0.6) is 0 Å². The maximum absolute atomic E-state index is 11.0. The van der Waals surface area contributed by atoms with Gasteiger partial charge in [0.05, 0.1) is 11.9 Å². The van der Waals surface area contributed by atoms with Crippen LogP contribution in [-0.2, 0) is 0 Å². The Bertz CT molecular complexity index is 570. The average molecular weight is 240 g/mol. The lowest BCUT2D eigenvalue weighted by molar-refractivity contribution is -0.255. The third-order valence-corrected chi connectivity index (χ3v) is 2.57. The van der Waals surface area contributed by atoms with Gasteiger partial charge in [-0.3, -0.25) is 0 Å². The van der Waals surface area contributed by atoms with E-state index in [1.165, 1.54) is 18.2 Å². The number of carbonyl (C=O) groups is 2. The van der Waals surface area contributed by atoms with Gasteiger partial charge in [-0.2, -0.15) is 0 Å². The van der Waals surface area contributed by atoms with Crippen LogP contribution < -0.4 is 10.2 Å². The lowest BCUT2D eigenvalue weighted by atomic mass is 9.94. The summed E-state index contributed by atoms with van der Waals surface area (Å²) in [6.45, 7) is 0. The second-order valence-corrected chi connectivity index (χ2v) is 3.67. The maximum atomic E-state index is 11.0. The van der Waals surface area contributed by atoms with E-state index >= 15 is 0 Å². The molecule has 0 aliphatic heterocycles. The molecule has 4 nitrogen and oxygen atoms in total. The fraction of sp³-hybridized carbons (Fsp3) is 0. The summed E-state index contributed by atoms with van der Waals surface area (Å²) in [6, 6.07) is 12.4. The summed E-state index contributed by atoms with van der Waals surface area (Å²) in [5.41, 5.74) is 0.278. The lowest BCUT2D eigenvalue weighted by Gasteiger charge is -2.16. The Kier molecular flexibility index (Phi) is 3.10. The molecule has 0 radical (unpaired) electrons. The Morgan fingerprint density at radius 3 is 1.67 bits per heavy atom. The largest absolute Gasteiger partial charge is 0.545 e. The van der Waals surface area contributed by atoms with Crippen LogP contribution in [0.1, 0.15) is 20.7 Å².